The van der Waals surface area contributed by atoms with Crippen LogP contribution in [0.2, 0.25) is 0 Å². The topological polar surface area (TPSA) is 35.5 Å². The Morgan fingerprint density at radius 1 is 0.893 bits per heavy atom. The third-order valence-electron chi connectivity index (χ3n) is 4.46. The van der Waals surface area contributed by atoms with E-state index in [0.29, 0.717) is 42.1 Å². The predicted octanol–water partition coefficient (Wildman–Crippen LogP) is 6.86. The van der Waals surface area contributed by atoms with Crippen molar-refractivity contribution in [3.8, 4) is 11.5 Å². The summed E-state index contributed by atoms with van der Waals surface area (Å²) in [5.74, 6) is 2.41. The highest BCUT2D eigenvalue weighted by atomic mass is 79.9. The number of halogens is 1. The van der Waals surface area contributed by atoms with Crippen LogP contribution in [0.15, 0.2) is 48.5 Å². The average Bonchev–Trinajstić information content (AvgIpc) is 2.68. The molecule has 2 aromatic carbocycles. The van der Waals surface area contributed by atoms with Gasteiger partial charge in [0.25, 0.3) is 0 Å². The lowest BCUT2D eigenvalue weighted by molar-refractivity contribution is 0.0986. The van der Waals surface area contributed by atoms with E-state index < -0.39 is 4.83 Å². The SMILES string of the molecule is CC(C)CCOc1ccc(OCCC(C)C)c(C(=O)C(Br)c2ccccc2)c1. The van der Waals surface area contributed by atoms with Crippen molar-refractivity contribution in [3.05, 3.63) is 59.7 Å². The van der Waals surface area contributed by atoms with Gasteiger partial charge in [0.1, 0.15) is 16.3 Å². The largest absolute Gasteiger partial charge is 0.494 e. The van der Waals surface area contributed by atoms with Crippen LogP contribution in [-0.4, -0.2) is 19.0 Å². The molecule has 0 N–H and O–H groups in total. The van der Waals surface area contributed by atoms with Gasteiger partial charge in [-0.25, -0.2) is 0 Å². The number of Topliss-reactive ketones (excluding diaryl/α,β-unsaturated/α-hetero) is 1. The Morgan fingerprint density at radius 2 is 1.50 bits per heavy atom. The number of ether oxygens (including phenoxy) is 2. The minimum Gasteiger partial charge on any atom is -0.494 e. The lowest BCUT2D eigenvalue weighted by Crippen LogP contribution is -2.11. The summed E-state index contributed by atoms with van der Waals surface area (Å²) in [5.41, 5.74) is 1.48. The second-order valence-corrected chi connectivity index (χ2v) is 8.77. The molecule has 2 rings (SSSR count). The highest BCUT2D eigenvalue weighted by molar-refractivity contribution is 9.09. The number of carbonyl (C=O) groups excluding carboxylic acids is 1. The smallest absolute Gasteiger partial charge is 0.184 e. The fourth-order valence-corrected chi connectivity index (χ4v) is 3.20. The van der Waals surface area contributed by atoms with E-state index in [4.69, 9.17) is 9.47 Å². The van der Waals surface area contributed by atoms with Crippen molar-refractivity contribution < 1.29 is 14.3 Å². The van der Waals surface area contributed by atoms with Crippen molar-refractivity contribution in [2.45, 2.75) is 45.4 Å². The van der Waals surface area contributed by atoms with Crippen LogP contribution >= 0.6 is 15.9 Å². The lowest BCUT2D eigenvalue weighted by Gasteiger charge is -2.16. The van der Waals surface area contributed by atoms with Crippen LogP contribution in [0.3, 0.4) is 0 Å². The van der Waals surface area contributed by atoms with Crippen molar-refractivity contribution in [1.82, 2.24) is 0 Å². The third kappa shape index (κ3) is 6.97. The van der Waals surface area contributed by atoms with Crippen molar-refractivity contribution in [2.75, 3.05) is 13.2 Å². The van der Waals surface area contributed by atoms with Crippen molar-refractivity contribution >= 4 is 21.7 Å². The molecular weight excluding hydrogens is 416 g/mol. The summed E-state index contributed by atoms with van der Waals surface area (Å²) in [6, 6.07) is 15.2. The molecule has 4 heteroatoms. The zero-order chi connectivity index (χ0) is 20.5. The van der Waals surface area contributed by atoms with E-state index >= 15 is 0 Å². The molecule has 3 nitrogen and oxygen atoms in total. The average molecular weight is 447 g/mol. The first-order valence-electron chi connectivity index (χ1n) is 10.0. The molecule has 1 atom stereocenters. The Bertz CT molecular complexity index is 741. The summed E-state index contributed by atoms with van der Waals surface area (Å²) >= 11 is 3.56. The van der Waals surface area contributed by atoms with E-state index in [1.54, 1.807) is 0 Å². The molecule has 0 fully saturated rings. The standard InChI is InChI=1S/C24H31BrO3/c1-17(2)12-14-27-20-10-11-22(28-15-13-18(3)4)21(16-20)24(26)23(25)19-8-6-5-7-9-19/h5-11,16-18,23H,12-15H2,1-4H3. The lowest BCUT2D eigenvalue weighted by atomic mass is 10.0. The van der Waals surface area contributed by atoms with Crippen LogP contribution in [0.4, 0.5) is 0 Å². The van der Waals surface area contributed by atoms with Gasteiger partial charge in [0, 0.05) is 0 Å². The van der Waals surface area contributed by atoms with E-state index in [1.165, 1.54) is 0 Å². The molecule has 0 amide bonds. The van der Waals surface area contributed by atoms with Gasteiger partial charge >= 0.3 is 0 Å². The molecule has 0 saturated heterocycles. The van der Waals surface area contributed by atoms with Crippen LogP contribution in [0.1, 0.15) is 61.3 Å². The van der Waals surface area contributed by atoms with Gasteiger partial charge in [0.15, 0.2) is 5.78 Å². The Hall–Kier alpha value is -1.81. The molecule has 1 unspecified atom stereocenters. The maximum atomic E-state index is 13.2. The molecule has 28 heavy (non-hydrogen) atoms. The van der Waals surface area contributed by atoms with Crippen LogP contribution < -0.4 is 9.47 Å². The molecule has 0 spiro atoms. The Morgan fingerprint density at radius 3 is 2.11 bits per heavy atom. The number of rotatable bonds is 11. The summed E-state index contributed by atoms with van der Waals surface area (Å²) in [7, 11) is 0. The van der Waals surface area contributed by atoms with Gasteiger partial charge in [-0.3, -0.25) is 4.79 Å². The van der Waals surface area contributed by atoms with E-state index in [-0.39, 0.29) is 5.78 Å². The van der Waals surface area contributed by atoms with Crippen LogP contribution in [-0.2, 0) is 0 Å². The molecule has 0 aliphatic carbocycles. The highest BCUT2D eigenvalue weighted by Gasteiger charge is 2.23. The second kappa shape index (κ2) is 11.3. The van der Waals surface area contributed by atoms with Gasteiger partial charge in [-0.15, -0.1) is 0 Å². The van der Waals surface area contributed by atoms with E-state index in [1.807, 2.05) is 48.5 Å². The first kappa shape index (κ1) is 22.5. The Balaban J connectivity index is 2.23. The first-order valence-corrected chi connectivity index (χ1v) is 10.9. The van der Waals surface area contributed by atoms with E-state index in [0.717, 1.165) is 18.4 Å². The first-order chi connectivity index (χ1) is 13.4. The molecule has 0 saturated carbocycles. The second-order valence-electron chi connectivity index (χ2n) is 7.86. The quantitative estimate of drug-likeness (QED) is 0.279. The van der Waals surface area contributed by atoms with E-state index in [9.17, 15) is 4.79 Å². The summed E-state index contributed by atoms with van der Waals surface area (Å²) in [5, 5.41) is 0. The number of benzene rings is 2. The summed E-state index contributed by atoms with van der Waals surface area (Å²) in [4.78, 5) is 12.8. The predicted molar refractivity (Wildman–Crippen MR) is 119 cm³/mol. The molecule has 0 aromatic heterocycles. The number of hydrogen-bond donors (Lipinski definition) is 0. The van der Waals surface area contributed by atoms with E-state index in [2.05, 4.69) is 43.6 Å². The Labute approximate surface area is 177 Å². The van der Waals surface area contributed by atoms with Gasteiger partial charge < -0.3 is 9.47 Å². The van der Waals surface area contributed by atoms with Crippen molar-refractivity contribution in [3.63, 3.8) is 0 Å². The zero-order valence-corrected chi connectivity index (χ0v) is 18.9. The minimum atomic E-state index is -0.424. The monoisotopic (exact) mass is 446 g/mol. The molecular formula is C24H31BrO3. The van der Waals surface area contributed by atoms with Gasteiger partial charge in [-0.05, 0) is 48.4 Å². The number of carbonyl (C=O) groups is 1. The van der Waals surface area contributed by atoms with Crippen LogP contribution in [0.25, 0.3) is 0 Å². The fraction of sp³-hybridized carbons (Fsp3) is 0.458. The van der Waals surface area contributed by atoms with Gasteiger partial charge in [-0.1, -0.05) is 74.0 Å². The highest BCUT2D eigenvalue weighted by Crippen LogP contribution is 2.33. The van der Waals surface area contributed by atoms with Gasteiger partial charge in [0.05, 0.1) is 18.8 Å². The Kier molecular flexibility index (Phi) is 9.04. The van der Waals surface area contributed by atoms with Gasteiger partial charge in [0.2, 0.25) is 0 Å². The van der Waals surface area contributed by atoms with Crippen LogP contribution in [0.5, 0.6) is 11.5 Å². The number of hydrogen-bond acceptors (Lipinski definition) is 3. The molecule has 0 bridgehead atoms. The molecule has 152 valence electrons. The van der Waals surface area contributed by atoms with Gasteiger partial charge in [-0.2, -0.15) is 0 Å². The molecule has 0 radical (unpaired) electrons. The van der Waals surface area contributed by atoms with Crippen molar-refractivity contribution in [1.29, 1.82) is 0 Å². The van der Waals surface area contributed by atoms with Crippen LogP contribution in [0, 0.1) is 11.8 Å². The minimum absolute atomic E-state index is 0.0277. The summed E-state index contributed by atoms with van der Waals surface area (Å²) < 4.78 is 11.8. The van der Waals surface area contributed by atoms with Crippen molar-refractivity contribution in [2.24, 2.45) is 11.8 Å². The molecule has 0 aliphatic heterocycles. The summed E-state index contributed by atoms with van der Waals surface area (Å²) in [6.45, 7) is 9.87. The normalized spacial score (nSPS) is 12.2. The molecule has 0 heterocycles. The number of alkyl halides is 1. The molecule has 0 aliphatic rings. The zero-order valence-electron chi connectivity index (χ0n) is 17.3. The maximum Gasteiger partial charge on any atom is 0.184 e. The third-order valence-corrected chi connectivity index (χ3v) is 5.40. The molecule has 2 aromatic rings. The maximum absolute atomic E-state index is 13.2. The summed E-state index contributed by atoms with van der Waals surface area (Å²) in [6.07, 6.45) is 1.91. The fourth-order valence-electron chi connectivity index (χ4n) is 2.64. The number of ketones is 1.